The summed E-state index contributed by atoms with van der Waals surface area (Å²) in [7, 11) is 0. The summed E-state index contributed by atoms with van der Waals surface area (Å²) in [5.41, 5.74) is 0.636. The van der Waals surface area contributed by atoms with E-state index in [0.29, 0.717) is 5.56 Å². The zero-order valence-electron chi connectivity index (χ0n) is 6.47. The van der Waals surface area contributed by atoms with Gasteiger partial charge < -0.3 is 9.99 Å². The Morgan fingerprint density at radius 3 is 2.42 bits per heavy atom. The van der Waals surface area contributed by atoms with Crippen LogP contribution in [0.15, 0.2) is 42.7 Å². The van der Waals surface area contributed by atoms with Gasteiger partial charge in [-0.1, -0.05) is 36.9 Å². The molecule has 0 aliphatic carbocycles. The average Bonchev–Trinajstić information content (AvgIpc) is 2.17. The molecule has 1 rings (SSSR count). The molecule has 0 radical (unpaired) electrons. The maximum Gasteiger partial charge on any atom is 0.168 e. The molecular weight excluding hydrogens is 156 g/mol. The van der Waals surface area contributed by atoms with E-state index in [1.54, 1.807) is 24.3 Å². The summed E-state index contributed by atoms with van der Waals surface area (Å²) in [5.74, 6) is -0.0822. The van der Waals surface area contributed by atoms with Crippen molar-refractivity contribution in [3.8, 4) is 0 Å². The minimum absolute atomic E-state index is 0.0822. The van der Waals surface area contributed by atoms with E-state index in [2.05, 4.69) is 11.5 Å². The van der Waals surface area contributed by atoms with Crippen LogP contribution in [0.4, 0.5) is 0 Å². The van der Waals surface area contributed by atoms with Crippen LogP contribution in [0.25, 0.3) is 0 Å². The van der Waals surface area contributed by atoms with Gasteiger partial charge in [-0.25, -0.2) is 5.26 Å². The van der Waals surface area contributed by atoms with Gasteiger partial charge in [0, 0.05) is 0 Å². The number of hydrogen-bond donors (Lipinski definition) is 2. The third kappa shape index (κ3) is 1.84. The van der Waals surface area contributed by atoms with Crippen LogP contribution in [0.2, 0.25) is 0 Å². The summed E-state index contributed by atoms with van der Waals surface area (Å²) >= 11 is 0. The number of rotatable bonds is 3. The molecule has 0 fully saturated rings. The fourth-order valence-corrected chi connectivity index (χ4v) is 0.871. The van der Waals surface area contributed by atoms with Crippen molar-refractivity contribution < 1.29 is 15.3 Å². The number of aliphatic hydroxyl groups is 1. The first kappa shape index (κ1) is 8.77. The van der Waals surface area contributed by atoms with Crippen LogP contribution in [0.3, 0.4) is 0 Å². The highest BCUT2D eigenvalue weighted by atomic mass is 17.1. The minimum Gasteiger partial charge on any atom is -0.380 e. The molecule has 2 N–H and O–H groups in total. The highest BCUT2D eigenvalue weighted by Gasteiger charge is 2.11. The predicted octanol–water partition coefficient (Wildman–Crippen LogP) is 1.72. The molecule has 64 valence electrons. The van der Waals surface area contributed by atoms with Crippen molar-refractivity contribution >= 4 is 0 Å². The van der Waals surface area contributed by atoms with E-state index in [4.69, 9.17) is 5.26 Å². The third-order valence-electron chi connectivity index (χ3n) is 1.54. The second-order valence-corrected chi connectivity index (χ2v) is 2.37. The Morgan fingerprint density at radius 1 is 1.33 bits per heavy atom. The lowest BCUT2D eigenvalue weighted by atomic mass is 10.1. The van der Waals surface area contributed by atoms with E-state index in [-0.39, 0.29) is 5.76 Å². The molecule has 0 spiro atoms. The van der Waals surface area contributed by atoms with Gasteiger partial charge in [-0.15, -0.1) is 0 Å². The zero-order valence-corrected chi connectivity index (χ0v) is 6.47. The highest BCUT2D eigenvalue weighted by Crippen LogP contribution is 2.19. The minimum atomic E-state index is -0.976. The summed E-state index contributed by atoms with van der Waals surface area (Å²) < 4.78 is 0. The fourth-order valence-electron chi connectivity index (χ4n) is 0.871. The smallest absolute Gasteiger partial charge is 0.168 e. The van der Waals surface area contributed by atoms with E-state index in [0.717, 1.165) is 0 Å². The lowest BCUT2D eigenvalue weighted by Gasteiger charge is -2.09. The maximum absolute atomic E-state index is 9.40. The highest BCUT2D eigenvalue weighted by molar-refractivity contribution is 5.22. The standard InChI is InChI=1S/C9H10O3/c1-7(12-11)9(10)8-5-3-2-4-6-8/h2-6,9-11H,1H2. The van der Waals surface area contributed by atoms with E-state index in [1.807, 2.05) is 6.07 Å². The SMILES string of the molecule is C=C(OO)C(O)c1ccccc1. The van der Waals surface area contributed by atoms with Crippen LogP contribution in [0, 0.1) is 0 Å². The van der Waals surface area contributed by atoms with Gasteiger partial charge in [-0.2, -0.15) is 0 Å². The van der Waals surface area contributed by atoms with Crippen LogP contribution < -0.4 is 0 Å². The normalized spacial score (nSPS) is 12.2. The van der Waals surface area contributed by atoms with Gasteiger partial charge in [-0.05, 0) is 5.56 Å². The van der Waals surface area contributed by atoms with Gasteiger partial charge >= 0.3 is 0 Å². The maximum atomic E-state index is 9.40. The van der Waals surface area contributed by atoms with Crippen molar-refractivity contribution in [2.45, 2.75) is 6.10 Å². The molecular formula is C9H10O3. The first-order valence-corrected chi connectivity index (χ1v) is 3.49. The molecule has 1 atom stereocenters. The molecule has 1 aromatic carbocycles. The molecule has 12 heavy (non-hydrogen) atoms. The van der Waals surface area contributed by atoms with E-state index >= 15 is 0 Å². The first-order valence-electron chi connectivity index (χ1n) is 3.49. The molecule has 0 saturated carbocycles. The first-order chi connectivity index (χ1) is 5.75. The molecule has 0 bridgehead atoms. The Labute approximate surface area is 70.5 Å². The molecule has 0 aliphatic rings. The number of aliphatic hydroxyl groups excluding tert-OH is 1. The van der Waals surface area contributed by atoms with Crippen LogP contribution in [0.1, 0.15) is 11.7 Å². The summed E-state index contributed by atoms with van der Waals surface area (Å²) in [6.07, 6.45) is -0.976. The molecule has 0 aliphatic heterocycles. The fraction of sp³-hybridized carbons (Fsp3) is 0.111. The Morgan fingerprint density at radius 2 is 1.92 bits per heavy atom. The molecule has 0 heterocycles. The van der Waals surface area contributed by atoms with E-state index in [1.165, 1.54) is 0 Å². The number of benzene rings is 1. The lowest BCUT2D eigenvalue weighted by Crippen LogP contribution is -2.01. The summed E-state index contributed by atoms with van der Waals surface area (Å²) in [4.78, 5) is 3.82. The van der Waals surface area contributed by atoms with Gasteiger partial charge in [0.1, 0.15) is 6.10 Å². The van der Waals surface area contributed by atoms with E-state index in [9.17, 15) is 5.11 Å². The second-order valence-electron chi connectivity index (χ2n) is 2.37. The molecule has 3 heteroatoms. The van der Waals surface area contributed by atoms with Crippen LogP contribution in [-0.2, 0) is 4.89 Å². The summed E-state index contributed by atoms with van der Waals surface area (Å²) in [6.45, 7) is 3.33. The van der Waals surface area contributed by atoms with Crippen molar-refractivity contribution in [3.63, 3.8) is 0 Å². The lowest BCUT2D eigenvalue weighted by molar-refractivity contribution is -0.216. The van der Waals surface area contributed by atoms with E-state index < -0.39 is 6.10 Å². The Bertz CT molecular complexity index is 256. The third-order valence-corrected chi connectivity index (χ3v) is 1.54. The van der Waals surface area contributed by atoms with Crippen LogP contribution >= 0.6 is 0 Å². The van der Waals surface area contributed by atoms with Gasteiger partial charge in [0.05, 0.1) is 0 Å². The van der Waals surface area contributed by atoms with Crippen molar-refractivity contribution in [2.24, 2.45) is 0 Å². The molecule has 1 aromatic rings. The van der Waals surface area contributed by atoms with Gasteiger partial charge in [0.2, 0.25) is 0 Å². The molecule has 0 saturated heterocycles. The van der Waals surface area contributed by atoms with Crippen LogP contribution in [0.5, 0.6) is 0 Å². The molecule has 3 nitrogen and oxygen atoms in total. The molecule has 0 amide bonds. The van der Waals surface area contributed by atoms with Gasteiger partial charge in [-0.3, -0.25) is 0 Å². The quantitative estimate of drug-likeness (QED) is 0.408. The topological polar surface area (TPSA) is 49.7 Å². The second kappa shape index (κ2) is 3.90. The monoisotopic (exact) mass is 166 g/mol. The Balaban J connectivity index is 2.78. The largest absolute Gasteiger partial charge is 0.380 e. The van der Waals surface area contributed by atoms with Crippen molar-refractivity contribution in [1.82, 2.24) is 0 Å². The summed E-state index contributed by atoms with van der Waals surface area (Å²) in [5, 5.41) is 17.6. The summed E-state index contributed by atoms with van der Waals surface area (Å²) in [6, 6.07) is 8.83. The Kier molecular flexibility index (Phi) is 2.85. The molecule has 1 unspecified atom stereocenters. The Hall–Kier alpha value is -1.32. The van der Waals surface area contributed by atoms with Crippen molar-refractivity contribution in [3.05, 3.63) is 48.2 Å². The number of hydrogen-bond acceptors (Lipinski definition) is 3. The average molecular weight is 166 g/mol. The van der Waals surface area contributed by atoms with Crippen LogP contribution in [-0.4, -0.2) is 10.4 Å². The van der Waals surface area contributed by atoms with Gasteiger partial charge in [0.25, 0.3) is 0 Å². The van der Waals surface area contributed by atoms with Crippen molar-refractivity contribution in [2.75, 3.05) is 0 Å². The molecule has 0 aromatic heterocycles. The zero-order chi connectivity index (χ0) is 8.97. The van der Waals surface area contributed by atoms with Crippen molar-refractivity contribution in [1.29, 1.82) is 0 Å². The van der Waals surface area contributed by atoms with Gasteiger partial charge in [0.15, 0.2) is 5.76 Å². The predicted molar refractivity (Wildman–Crippen MR) is 44.3 cm³/mol.